The van der Waals surface area contributed by atoms with Gasteiger partial charge in [0.15, 0.2) is 17.3 Å². The van der Waals surface area contributed by atoms with E-state index in [9.17, 15) is 19.5 Å². The van der Waals surface area contributed by atoms with Gasteiger partial charge < -0.3 is 9.84 Å². The molecular weight excluding hydrogens is 703 g/mol. The van der Waals surface area contributed by atoms with Crippen molar-refractivity contribution in [1.82, 2.24) is 0 Å². The molecule has 0 aromatic heterocycles. The van der Waals surface area contributed by atoms with Crippen molar-refractivity contribution in [3.05, 3.63) is 179 Å². The number of ether oxygens (including phenoxy) is 1. The molecule has 0 bridgehead atoms. The van der Waals surface area contributed by atoms with E-state index in [0.717, 1.165) is 5.57 Å². The van der Waals surface area contributed by atoms with Crippen molar-refractivity contribution in [3.63, 3.8) is 0 Å². The number of carbonyl (C=O) groups is 5. The summed E-state index contributed by atoms with van der Waals surface area (Å²) in [6.07, 6.45) is 3.78. The van der Waals surface area contributed by atoms with Gasteiger partial charge in [-0.15, -0.1) is 0 Å². The molecule has 0 radical (unpaired) electrons. The lowest BCUT2D eigenvalue weighted by Gasteiger charge is -2.55. The molecule has 2 fully saturated rings. The number of aromatic hydroxyl groups is 1. The Morgan fingerprint density at radius 3 is 2.07 bits per heavy atom. The largest absolute Gasteiger partial charge is 0.508 e. The molecular formula is C48H37NO7. The van der Waals surface area contributed by atoms with Crippen molar-refractivity contribution in [3.8, 4) is 11.5 Å². The van der Waals surface area contributed by atoms with Crippen LogP contribution in [0.2, 0.25) is 0 Å². The van der Waals surface area contributed by atoms with E-state index in [4.69, 9.17) is 4.74 Å². The third-order valence-electron chi connectivity index (χ3n) is 12.3. The number of nitrogens with zero attached hydrogens (tertiary/aromatic N) is 1. The second-order valence-electron chi connectivity index (χ2n) is 15.0. The number of carbonyl (C=O) groups excluding carboxylic acids is 5. The number of phenols is 1. The van der Waals surface area contributed by atoms with E-state index in [1.165, 1.54) is 24.2 Å². The molecule has 0 spiro atoms. The second-order valence-corrected chi connectivity index (χ2v) is 15.0. The zero-order valence-corrected chi connectivity index (χ0v) is 30.5. The van der Waals surface area contributed by atoms with Gasteiger partial charge in [-0.25, -0.2) is 0 Å². The number of ketones is 3. The number of Topliss-reactive ketones (excluding diaryl/α,β-unsaturated/α-hetero) is 1. The number of rotatable bonds is 7. The summed E-state index contributed by atoms with van der Waals surface area (Å²) in [6.45, 7) is 0. The van der Waals surface area contributed by atoms with Gasteiger partial charge in [0.1, 0.15) is 11.5 Å². The van der Waals surface area contributed by atoms with Crippen molar-refractivity contribution in [1.29, 1.82) is 0 Å². The summed E-state index contributed by atoms with van der Waals surface area (Å²) in [5.74, 6) is -5.03. The Balaban J connectivity index is 1.19. The van der Waals surface area contributed by atoms with Crippen LogP contribution in [-0.2, 0) is 24.6 Å². The maximum atomic E-state index is 15.2. The fourth-order valence-corrected chi connectivity index (χ4v) is 9.88. The predicted molar refractivity (Wildman–Crippen MR) is 210 cm³/mol. The highest BCUT2D eigenvalue weighted by Gasteiger charge is 2.66. The van der Waals surface area contributed by atoms with Crippen molar-refractivity contribution in [2.24, 2.45) is 23.7 Å². The Morgan fingerprint density at radius 1 is 0.750 bits per heavy atom. The monoisotopic (exact) mass is 739 g/mol. The molecule has 1 saturated carbocycles. The number of anilines is 1. The molecule has 276 valence electrons. The number of methoxy groups -OCH3 is 1. The topological polar surface area (TPSA) is 118 Å². The van der Waals surface area contributed by atoms with Gasteiger partial charge in [-0.3, -0.25) is 28.9 Å². The molecule has 5 aromatic carbocycles. The summed E-state index contributed by atoms with van der Waals surface area (Å²) in [5.41, 5.74) is 2.49. The van der Waals surface area contributed by atoms with Crippen LogP contribution in [0.1, 0.15) is 51.4 Å². The highest BCUT2D eigenvalue weighted by molar-refractivity contribution is 6.32. The van der Waals surface area contributed by atoms with Crippen LogP contribution in [0, 0.1) is 23.7 Å². The SMILES string of the molecule is COc1ccc(O)c([C@H]2C3=CC[C@@H]4C(=O)N(c5ccc(C(=O)c6ccccc6)cc5)C(=O)[C@@H]4[C@@H]3C[C@H]3C(=O)C(c4ccccc4)=CC(=O)[C@@]23c2ccccc2)c1. The standard InChI is InChI=1S/C48H37NO7/c1-56-33-21-24-40(50)38(25-33)43-34-22-23-35-42(47(55)49(46(35)54)32-19-17-30(18-20-32)44(52)29-13-7-3-8-14-29)37(34)26-39-45(53)36(28-11-5-2-6-12-28)27-41(51)48(39,43)31-15-9-4-10-16-31/h2-22,24-25,27,35,37,39,42-43,50H,23,26H2,1H3/t35-,37+,39-,42-,43+,48-/m0/s1. The maximum Gasteiger partial charge on any atom is 0.238 e. The normalized spacial score (nSPS) is 25.4. The number of imide groups is 1. The minimum atomic E-state index is -1.48. The Hall–Kier alpha value is -6.67. The first kappa shape index (κ1) is 35.1. The van der Waals surface area contributed by atoms with E-state index in [2.05, 4.69) is 0 Å². The number of phenolic OH excluding ortho intramolecular Hbond substituents is 1. The molecule has 9 rings (SSSR count). The van der Waals surface area contributed by atoms with E-state index in [1.807, 2.05) is 60.7 Å². The fraction of sp³-hybridized carbons (Fsp3) is 0.188. The van der Waals surface area contributed by atoms with E-state index in [0.29, 0.717) is 44.8 Å². The molecule has 1 N–H and O–H groups in total. The Morgan fingerprint density at radius 2 is 1.39 bits per heavy atom. The van der Waals surface area contributed by atoms with Crippen LogP contribution in [0.5, 0.6) is 11.5 Å². The van der Waals surface area contributed by atoms with Crippen molar-refractivity contribution in [2.75, 3.05) is 12.0 Å². The van der Waals surface area contributed by atoms with Crippen LogP contribution in [0.25, 0.3) is 5.57 Å². The van der Waals surface area contributed by atoms with Crippen LogP contribution < -0.4 is 9.64 Å². The lowest BCUT2D eigenvalue weighted by molar-refractivity contribution is -0.135. The second kappa shape index (κ2) is 13.6. The third kappa shape index (κ3) is 5.23. The van der Waals surface area contributed by atoms with Crippen molar-refractivity contribution < 1.29 is 33.8 Å². The Bertz CT molecular complexity index is 2490. The minimum Gasteiger partial charge on any atom is -0.508 e. The number of hydrogen-bond acceptors (Lipinski definition) is 7. The van der Waals surface area contributed by atoms with Gasteiger partial charge in [0, 0.05) is 34.1 Å². The summed E-state index contributed by atoms with van der Waals surface area (Å²) in [4.78, 5) is 73.8. The zero-order valence-electron chi connectivity index (χ0n) is 30.5. The molecule has 2 amide bonds. The molecule has 1 aliphatic heterocycles. The number of hydrogen-bond donors (Lipinski definition) is 1. The van der Waals surface area contributed by atoms with E-state index in [-0.39, 0.29) is 41.8 Å². The van der Waals surface area contributed by atoms with Crippen LogP contribution in [0.4, 0.5) is 5.69 Å². The number of fused-ring (bicyclic) bond motifs is 4. The van der Waals surface area contributed by atoms with Crippen LogP contribution in [0.3, 0.4) is 0 Å². The van der Waals surface area contributed by atoms with Gasteiger partial charge in [-0.2, -0.15) is 0 Å². The molecule has 6 atom stereocenters. The van der Waals surface area contributed by atoms with Gasteiger partial charge in [0.2, 0.25) is 11.8 Å². The average Bonchev–Trinajstić information content (AvgIpc) is 3.51. The summed E-state index contributed by atoms with van der Waals surface area (Å²) in [6, 6.07) is 38.6. The Labute approximate surface area is 323 Å². The molecule has 3 aliphatic carbocycles. The molecule has 8 heteroatoms. The highest BCUT2D eigenvalue weighted by atomic mass is 16.5. The first-order valence-electron chi connectivity index (χ1n) is 18.8. The molecule has 0 unspecified atom stereocenters. The zero-order chi connectivity index (χ0) is 38.7. The lowest BCUT2D eigenvalue weighted by Crippen LogP contribution is -2.58. The minimum absolute atomic E-state index is 0.0767. The van der Waals surface area contributed by atoms with E-state index in [1.54, 1.807) is 72.8 Å². The molecule has 8 nitrogen and oxygen atoms in total. The van der Waals surface area contributed by atoms with Gasteiger partial charge in [-0.1, -0.05) is 103 Å². The van der Waals surface area contributed by atoms with Crippen LogP contribution in [-0.4, -0.2) is 41.4 Å². The number of allylic oxidation sites excluding steroid dienone is 4. The number of amides is 2. The summed E-state index contributed by atoms with van der Waals surface area (Å²) < 4.78 is 5.63. The first-order chi connectivity index (χ1) is 27.2. The van der Waals surface area contributed by atoms with Crippen molar-refractivity contribution in [2.45, 2.75) is 24.2 Å². The lowest BCUT2D eigenvalue weighted by atomic mass is 9.44. The van der Waals surface area contributed by atoms with Gasteiger partial charge >= 0.3 is 0 Å². The molecule has 1 saturated heterocycles. The summed E-state index contributed by atoms with van der Waals surface area (Å²) in [5, 5.41) is 11.7. The third-order valence-corrected chi connectivity index (χ3v) is 12.3. The summed E-state index contributed by atoms with van der Waals surface area (Å²) in [7, 11) is 1.52. The molecule has 56 heavy (non-hydrogen) atoms. The quantitative estimate of drug-likeness (QED) is 0.104. The molecule has 5 aromatic rings. The van der Waals surface area contributed by atoms with E-state index < -0.39 is 40.9 Å². The van der Waals surface area contributed by atoms with E-state index >= 15 is 9.59 Å². The number of benzene rings is 5. The summed E-state index contributed by atoms with van der Waals surface area (Å²) >= 11 is 0. The van der Waals surface area contributed by atoms with Gasteiger partial charge in [0.25, 0.3) is 0 Å². The molecule has 1 heterocycles. The van der Waals surface area contributed by atoms with Crippen LogP contribution in [0.15, 0.2) is 151 Å². The average molecular weight is 740 g/mol. The predicted octanol–water partition coefficient (Wildman–Crippen LogP) is 7.66. The van der Waals surface area contributed by atoms with Gasteiger partial charge in [-0.05, 0) is 78.4 Å². The highest BCUT2D eigenvalue weighted by Crippen LogP contribution is 2.64. The van der Waals surface area contributed by atoms with Crippen molar-refractivity contribution >= 4 is 40.4 Å². The maximum absolute atomic E-state index is 15.2. The van der Waals surface area contributed by atoms with Gasteiger partial charge in [0.05, 0.1) is 30.0 Å². The smallest absolute Gasteiger partial charge is 0.238 e. The van der Waals surface area contributed by atoms with Crippen LogP contribution >= 0.6 is 0 Å². The fourth-order valence-electron chi connectivity index (χ4n) is 9.88. The Kier molecular flexibility index (Phi) is 8.49. The molecule has 4 aliphatic rings. The first-order valence-corrected chi connectivity index (χ1v) is 18.8.